The van der Waals surface area contributed by atoms with Crippen molar-refractivity contribution in [2.45, 2.75) is 25.8 Å². The summed E-state index contributed by atoms with van der Waals surface area (Å²) >= 11 is 6.11. The molecule has 2 N–H and O–H groups in total. The molecule has 0 spiro atoms. The Morgan fingerprint density at radius 1 is 1.45 bits per heavy atom. The molecule has 4 heteroatoms. The molecule has 2 rings (SSSR count). The standard InChI is InChI=1S/C16H20ClNO2/c1-11(8-13-4-2-3-5-15(13)17)16(20)18-14-7-6-12(9-14)10-19/h2-7,11-12,14,19H,8-10H2,1H3,(H,18,20)/t11-,12+,14-/m1/s1. The van der Waals surface area contributed by atoms with E-state index < -0.39 is 0 Å². The first-order chi connectivity index (χ1) is 9.60. The second-order valence-corrected chi connectivity index (χ2v) is 5.78. The van der Waals surface area contributed by atoms with Gasteiger partial charge in [0.1, 0.15) is 0 Å². The van der Waals surface area contributed by atoms with Crippen LogP contribution in [0.3, 0.4) is 0 Å². The van der Waals surface area contributed by atoms with Gasteiger partial charge < -0.3 is 10.4 Å². The molecule has 0 fully saturated rings. The minimum absolute atomic E-state index is 0.0261. The van der Waals surface area contributed by atoms with Gasteiger partial charge in [-0.1, -0.05) is 48.9 Å². The second kappa shape index (κ2) is 6.91. The van der Waals surface area contributed by atoms with E-state index in [0.717, 1.165) is 12.0 Å². The van der Waals surface area contributed by atoms with E-state index in [1.54, 1.807) is 0 Å². The quantitative estimate of drug-likeness (QED) is 0.820. The molecule has 0 radical (unpaired) electrons. The molecule has 1 aliphatic rings. The number of aliphatic hydroxyl groups excluding tert-OH is 1. The zero-order valence-corrected chi connectivity index (χ0v) is 12.3. The molecule has 3 nitrogen and oxygen atoms in total. The fourth-order valence-electron chi connectivity index (χ4n) is 2.43. The Balaban J connectivity index is 1.87. The molecule has 108 valence electrons. The van der Waals surface area contributed by atoms with Gasteiger partial charge in [-0.05, 0) is 24.5 Å². The van der Waals surface area contributed by atoms with Crippen molar-refractivity contribution >= 4 is 17.5 Å². The fourth-order valence-corrected chi connectivity index (χ4v) is 2.64. The summed E-state index contributed by atoms with van der Waals surface area (Å²) in [6.45, 7) is 2.04. The second-order valence-electron chi connectivity index (χ2n) is 5.37. The average Bonchev–Trinajstić information content (AvgIpc) is 2.89. The number of benzene rings is 1. The summed E-state index contributed by atoms with van der Waals surface area (Å²) in [5, 5.41) is 12.8. The van der Waals surface area contributed by atoms with E-state index in [1.807, 2.05) is 43.3 Å². The number of carbonyl (C=O) groups excluding carboxylic acids is 1. The molecule has 0 saturated heterocycles. The maximum Gasteiger partial charge on any atom is 0.223 e. The van der Waals surface area contributed by atoms with Crippen LogP contribution in [0.5, 0.6) is 0 Å². The third kappa shape index (κ3) is 3.84. The molecule has 0 unspecified atom stereocenters. The molecule has 1 aromatic carbocycles. The Morgan fingerprint density at radius 3 is 2.85 bits per heavy atom. The molecular formula is C16H20ClNO2. The van der Waals surface area contributed by atoms with Crippen LogP contribution in [0.2, 0.25) is 5.02 Å². The van der Waals surface area contributed by atoms with E-state index in [4.69, 9.17) is 16.7 Å². The maximum atomic E-state index is 12.2. The van der Waals surface area contributed by atoms with Crippen molar-refractivity contribution in [2.75, 3.05) is 6.61 Å². The predicted octanol–water partition coefficient (Wildman–Crippen LogP) is 2.57. The Hall–Kier alpha value is -1.32. The smallest absolute Gasteiger partial charge is 0.223 e. The van der Waals surface area contributed by atoms with Crippen LogP contribution in [0.4, 0.5) is 0 Å². The summed E-state index contributed by atoms with van der Waals surface area (Å²) in [6, 6.07) is 7.64. The van der Waals surface area contributed by atoms with Gasteiger partial charge in [-0.2, -0.15) is 0 Å². The van der Waals surface area contributed by atoms with Crippen molar-refractivity contribution in [3.63, 3.8) is 0 Å². The third-order valence-electron chi connectivity index (χ3n) is 3.67. The van der Waals surface area contributed by atoms with Crippen LogP contribution in [0.1, 0.15) is 18.9 Å². The van der Waals surface area contributed by atoms with Crippen LogP contribution in [0.25, 0.3) is 0 Å². The summed E-state index contributed by atoms with van der Waals surface area (Å²) in [5.74, 6) is 0.0637. The molecule has 0 saturated carbocycles. The number of rotatable bonds is 5. The first-order valence-electron chi connectivity index (χ1n) is 6.93. The van der Waals surface area contributed by atoms with Crippen LogP contribution < -0.4 is 5.32 Å². The Bertz CT molecular complexity index is 501. The number of aliphatic hydroxyl groups is 1. The highest BCUT2D eigenvalue weighted by atomic mass is 35.5. The first-order valence-corrected chi connectivity index (χ1v) is 7.31. The number of amides is 1. The lowest BCUT2D eigenvalue weighted by Gasteiger charge is -2.17. The van der Waals surface area contributed by atoms with E-state index in [2.05, 4.69) is 5.32 Å². The van der Waals surface area contributed by atoms with Crippen molar-refractivity contribution in [2.24, 2.45) is 11.8 Å². The van der Waals surface area contributed by atoms with Gasteiger partial charge >= 0.3 is 0 Å². The SMILES string of the molecule is C[C@H](Cc1ccccc1Cl)C(=O)N[C@@H]1C=C[C@H](CO)C1. The number of halogens is 1. The summed E-state index contributed by atoms with van der Waals surface area (Å²) < 4.78 is 0. The molecule has 1 amide bonds. The zero-order valence-electron chi connectivity index (χ0n) is 11.6. The van der Waals surface area contributed by atoms with Gasteiger partial charge in [0.25, 0.3) is 0 Å². The topological polar surface area (TPSA) is 49.3 Å². The highest BCUT2D eigenvalue weighted by Crippen LogP contribution is 2.20. The number of carbonyl (C=O) groups is 1. The lowest BCUT2D eigenvalue weighted by molar-refractivity contribution is -0.124. The van der Waals surface area contributed by atoms with Crippen LogP contribution in [0, 0.1) is 11.8 Å². The van der Waals surface area contributed by atoms with Crippen LogP contribution in [-0.4, -0.2) is 23.7 Å². The molecule has 0 aromatic heterocycles. The summed E-state index contributed by atoms with van der Waals surface area (Å²) in [6.07, 6.45) is 5.33. The molecular weight excluding hydrogens is 274 g/mol. The average molecular weight is 294 g/mol. The van der Waals surface area contributed by atoms with Crippen molar-refractivity contribution < 1.29 is 9.90 Å². The molecule has 0 aliphatic heterocycles. The van der Waals surface area contributed by atoms with Gasteiger partial charge in [-0.3, -0.25) is 4.79 Å². The lowest BCUT2D eigenvalue weighted by Crippen LogP contribution is -2.37. The van der Waals surface area contributed by atoms with Crippen molar-refractivity contribution in [3.8, 4) is 0 Å². The van der Waals surface area contributed by atoms with Crippen molar-refractivity contribution in [3.05, 3.63) is 47.0 Å². The van der Waals surface area contributed by atoms with E-state index >= 15 is 0 Å². The molecule has 0 bridgehead atoms. The molecule has 20 heavy (non-hydrogen) atoms. The molecule has 3 atom stereocenters. The van der Waals surface area contributed by atoms with Crippen molar-refractivity contribution in [1.29, 1.82) is 0 Å². The monoisotopic (exact) mass is 293 g/mol. The Morgan fingerprint density at radius 2 is 2.20 bits per heavy atom. The predicted molar refractivity (Wildman–Crippen MR) is 80.6 cm³/mol. The van der Waals surface area contributed by atoms with Gasteiger partial charge in [0.2, 0.25) is 5.91 Å². The Kier molecular flexibility index (Phi) is 5.21. The largest absolute Gasteiger partial charge is 0.396 e. The summed E-state index contributed by atoms with van der Waals surface area (Å²) in [4.78, 5) is 12.2. The minimum Gasteiger partial charge on any atom is -0.396 e. The molecule has 1 aliphatic carbocycles. The molecule has 0 heterocycles. The van der Waals surface area contributed by atoms with E-state index in [-0.39, 0.29) is 30.4 Å². The zero-order chi connectivity index (χ0) is 14.5. The van der Waals surface area contributed by atoms with Crippen LogP contribution in [-0.2, 0) is 11.2 Å². The molecule has 1 aromatic rings. The normalized spacial score (nSPS) is 22.8. The van der Waals surface area contributed by atoms with E-state index in [0.29, 0.717) is 11.4 Å². The first kappa shape index (κ1) is 15.1. The van der Waals surface area contributed by atoms with Gasteiger partial charge in [0, 0.05) is 29.5 Å². The van der Waals surface area contributed by atoms with Gasteiger partial charge in [-0.15, -0.1) is 0 Å². The van der Waals surface area contributed by atoms with Gasteiger partial charge in [0.15, 0.2) is 0 Å². The van der Waals surface area contributed by atoms with Gasteiger partial charge in [-0.25, -0.2) is 0 Å². The van der Waals surface area contributed by atoms with Gasteiger partial charge in [0.05, 0.1) is 0 Å². The fraction of sp³-hybridized carbons (Fsp3) is 0.438. The highest BCUT2D eigenvalue weighted by Gasteiger charge is 2.22. The highest BCUT2D eigenvalue weighted by molar-refractivity contribution is 6.31. The minimum atomic E-state index is -0.128. The van der Waals surface area contributed by atoms with Crippen molar-refractivity contribution in [1.82, 2.24) is 5.32 Å². The van der Waals surface area contributed by atoms with E-state index in [1.165, 1.54) is 0 Å². The van der Waals surface area contributed by atoms with Crippen LogP contribution in [0.15, 0.2) is 36.4 Å². The van der Waals surface area contributed by atoms with E-state index in [9.17, 15) is 4.79 Å². The number of nitrogens with one attached hydrogen (secondary N) is 1. The lowest BCUT2D eigenvalue weighted by atomic mass is 9.99. The Labute approximate surface area is 124 Å². The number of hydrogen-bond donors (Lipinski definition) is 2. The summed E-state index contributed by atoms with van der Waals surface area (Å²) in [5.41, 5.74) is 0.993. The third-order valence-corrected chi connectivity index (χ3v) is 4.03. The number of hydrogen-bond acceptors (Lipinski definition) is 2. The van der Waals surface area contributed by atoms with Crippen LogP contribution >= 0.6 is 11.6 Å². The summed E-state index contributed by atoms with van der Waals surface area (Å²) in [7, 11) is 0. The maximum absolute atomic E-state index is 12.2.